The summed E-state index contributed by atoms with van der Waals surface area (Å²) in [6.07, 6.45) is 2.67. The third-order valence-corrected chi connectivity index (χ3v) is 5.08. The second kappa shape index (κ2) is 9.52. The zero-order valence-corrected chi connectivity index (χ0v) is 15.8. The number of carbonyl (C=O) groups is 1. The first kappa shape index (κ1) is 20.2. The zero-order chi connectivity index (χ0) is 19.1. The molecule has 0 spiro atoms. The predicted molar refractivity (Wildman–Crippen MR) is 99.6 cm³/mol. The summed E-state index contributed by atoms with van der Waals surface area (Å²) in [5.41, 5.74) is 1.54. The number of nitro groups is 1. The van der Waals surface area contributed by atoms with Gasteiger partial charge in [0.2, 0.25) is 0 Å². The highest BCUT2D eigenvalue weighted by Gasteiger charge is 2.27. The summed E-state index contributed by atoms with van der Waals surface area (Å²) in [6.45, 7) is 6.05. The van der Waals surface area contributed by atoms with Crippen molar-refractivity contribution >= 4 is 17.3 Å². The molecule has 0 radical (unpaired) electrons. The van der Waals surface area contributed by atoms with E-state index < -0.39 is 0 Å². The molecule has 144 valence electrons. The molecule has 1 unspecified atom stereocenters. The van der Waals surface area contributed by atoms with Crippen LogP contribution in [0.4, 0.5) is 11.4 Å². The molecule has 1 aromatic carbocycles. The molecular weight excluding hydrogens is 336 g/mol. The van der Waals surface area contributed by atoms with Crippen LogP contribution in [0.2, 0.25) is 0 Å². The van der Waals surface area contributed by atoms with Gasteiger partial charge in [0.25, 0.3) is 5.69 Å². The second-order valence-electron chi connectivity index (χ2n) is 6.52. The number of nitrogens with zero attached hydrogens (tertiary/aromatic N) is 2. The molecule has 7 heteroatoms. The first-order valence-corrected chi connectivity index (χ1v) is 9.21. The average molecular weight is 364 g/mol. The van der Waals surface area contributed by atoms with Gasteiger partial charge in [-0.1, -0.05) is 13.0 Å². The molecule has 7 nitrogen and oxygen atoms in total. The van der Waals surface area contributed by atoms with Crippen molar-refractivity contribution < 1.29 is 19.2 Å². The summed E-state index contributed by atoms with van der Waals surface area (Å²) in [7, 11) is 1.35. The molecule has 1 atom stereocenters. The fourth-order valence-electron chi connectivity index (χ4n) is 3.59. The van der Waals surface area contributed by atoms with E-state index in [0.29, 0.717) is 31.9 Å². The van der Waals surface area contributed by atoms with Gasteiger partial charge in [-0.25, -0.2) is 0 Å². The van der Waals surface area contributed by atoms with Crippen LogP contribution in [0.5, 0.6) is 0 Å². The minimum atomic E-state index is -0.328. The van der Waals surface area contributed by atoms with Crippen molar-refractivity contribution in [3.8, 4) is 0 Å². The van der Waals surface area contributed by atoms with E-state index in [9.17, 15) is 14.9 Å². The number of benzene rings is 1. The lowest BCUT2D eigenvalue weighted by atomic mass is 9.92. The van der Waals surface area contributed by atoms with Crippen LogP contribution in [0.1, 0.15) is 51.0 Å². The lowest BCUT2D eigenvalue weighted by Crippen LogP contribution is -2.39. The largest absolute Gasteiger partial charge is 0.469 e. The van der Waals surface area contributed by atoms with Crippen molar-refractivity contribution in [2.24, 2.45) is 0 Å². The minimum absolute atomic E-state index is 0.0895. The quantitative estimate of drug-likeness (QED) is 0.398. The fourth-order valence-corrected chi connectivity index (χ4v) is 3.59. The molecule has 0 bridgehead atoms. The molecule has 0 N–H and O–H groups in total. The zero-order valence-electron chi connectivity index (χ0n) is 15.8. The molecule has 1 aliphatic heterocycles. The van der Waals surface area contributed by atoms with E-state index in [4.69, 9.17) is 9.47 Å². The molecule has 1 fully saturated rings. The number of rotatable bonds is 8. The van der Waals surface area contributed by atoms with E-state index in [2.05, 4.69) is 4.90 Å². The van der Waals surface area contributed by atoms with Gasteiger partial charge in [-0.2, -0.15) is 0 Å². The van der Waals surface area contributed by atoms with Gasteiger partial charge in [0.05, 0.1) is 18.5 Å². The maximum Gasteiger partial charge on any atom is 0.306 e. The molecule has 0 aliphatic carbocycles. The molecule has 2 rings (SSSR count). The standard InChI is InChI=1S/C19H28N2O5/c1-4-14(13-19(22)25-3)15-6-7-17(18(12-15)21(23)24)20(5-2)16-8-10-26-11-9-16/h6-7,12,14,16H,4-5,8-11,13H2,1-3H3. The number of nitro benzene ring substituents is 1. The summed E-state index contributed by atoms with van der Waals surface area (Å²) in [4.78, 5) is 25.1. The Hall–Kier alpha value is -2.15. The van der Waals surface area contributed by atoms with Crippen LogP contribution < -0.4 is 4.90 Å². The molecule has 26 heavy (non-hydrogen) atoms. The van der Waals surface area contributed by atoms with E-state index in [1.807, 2.05) is 26.0 Å². The Morgan fingerprint density at radius 3 is 2.62 bits per heavy atom. The van der Waals surface area contributed by atoms with Crippen molar-refractivity contribution in [3.05, 3.63) is 33.9 Å². The topological polar surface area (TPSA) is 81.9 Å². The molecule has 0 amide bonds. The number of anilines is 1. The number of methoxy groups -OCH3 is 1. The van der Waals surface area contributed by atoms with Gasteiger partial charge < -0.3 is 14.4 Å². The molecule has 1 aliphatic rings. The Morgan fingerprint density at radius 2 is 2.08 bits per heavy atom. The average Bonchev–Trinajstić information content (AvgIpc) is 2.67. The monoisotopic (exact) mass is 364 g/mol. The molecular formula is C19H28N2O5. The Labute approximate surface area is 154 Å². The van der Waals surface area contributed by atoms with Crippen molar-refractivity contribution in [2.75, 3.05) is 31.8 Å². The predicted octanol–water partition coefficient (Wildman–Crippen LogP) is 3.66. The third kappa shape index (κ3) is 4.72. The Balaban J connectivity index is 2.35. The maximum atomic E-state index is 11.7. The fraction of sp³-hybridized carbons (Fsp3) is 0.632. The number of ether oxygens (including phenoxy) is 2. The van der Waals surface area contributed by atoms with Gasteiger partial charge in [-0.15, -0.1) is 0 Å². The Morgan fingerprint density at radius 1 is 1.38 bits per heavy atom. The third-order valence-electron chi connectivity index (χ3n) is 5.08. The molecule has 0 aromatic heterocycles. The first-order valence-electron chi connectivity index (χ1n) is 9.21. The first-order chi connectivity index (χ1) is 12.5. The van der Waals surface area contributed by atoms with Crippen LogP contribution in [-0.2, 0) is 14.3 Å². The number of carbonyl (C=O) groups excluding carboxylic acids is 1. The highest BCUT2D eigenvalue weighted by molar-refractivity contribution is 5.71. The van der Waals surface area contributed by atoms with E-state index in [0.717, 1.165) is 18.4 Å². The number of esters is 1. The maximum absolute atomic E-state index is 11.7. The molecule has 1 saturated heterocycles. The SMILES string of the molecule is CCC(CC(=O)OC)c1ccc(N(CC)C2CCOCC2)c([N+](=O)[O-])c1. The number of hydrogen-bond donors (Lipinski definition) is 0. The molecule has 1 aromatic rings. The van der Waals surface area contributed by atoms with Crippen LogP contribution in [0.15, 0.2) is 18.2 Å². The minimum Gasteiger partial charge on any atom is -0.469 e. The molecule has 1 heterocycles. The second-order valence-corrected chi connectivity index (χ2v) is 6.52. The van der Waals surface area contributed by atoms with E-state index in [-0.39, 0.29) is 35.0 Å². The van der Waals surface area contributed by atoms with Crippen LogP contribution >= 0.6 is 0 Å². The summed E-state index contributed by atoms with van der Waals surface area (Å²) in [5.74, 6) is -0.394. The lowest BCUT2D eigenvalue weighted by molar-refractivity contribution is -0.384. The van der Waals surface area contributed by atoms with Gasteiger partial charge >= 0.3 is 5.97 Å². The van der Waals surface area contributed by atoms with E-state index in [1.54, 1.807) is 6.07 Å². The van der Waals surface area contributed by atoms with Crippen molar-refractivity contribution in [1.29, 1.82) is 0 Å². The van der Waals surface area contributed by atoms with Crippen molar-refractivity contribution in [2.45, 2.75) is 51.5 Å². The van der Waals surface area contributed by atoms with E-state index in [1.165, 1.54) is 7.11 Å². The summed E-state index contributed by atoms with van der Waals surface area (Å²) in [6, 6.07) is 5.60. The summed E-state index contributed by atoms with van der Waals surface area (Å²) in [5, 5.41) is 11.7. The van der Waals surface area contributed by atoms with Crippen molar-refractivity contribution in [1.82, 2.24) is 0 Å². The smallest absolute Gasteiger partial charge is 0.306 e. The Bertz CT molecular complexity index is 628. The van der Waals surface area contributed by atoms with Gasteiger partial charge in [0, 0.05) is 31.9 Å². The Kier molecular flexibility index (Phi) is 7.38. The van der Waals surface area contributed by atoms with Crippen LogP contribution in [0.25, 0.3) is 0 Å². The lowest BCUT2D eigenvalue weighted by Gasteiger charge is -2.35. The van der Waals surface area contributed by atoms with Crippen LogP contribution in [0.3, 0.4) is 0 Å². The summed E-state index contributed by atoms with van der Waals surface area (Å²) >= 11 is 0. The van der Waals surface area contributed by atoms with Crippen LogP contribution in [-0.4, -0.2) is 43.8 Å². The van der Waals surface area contributed by atoms with E-state index >= 15 is 0 Å². The molecule has 0 saturated carbocycles. The van der Waals surface area contributed by atoms with Gasteiger partial charge in [0.15, 0.2) is 0 Å². The van der Waals surface area contributed by atoms with Gasteiger partial charge in [-0.3, -0.25) is 14.9 Å². The van der Waals surface area contributed by atoms with Gasteiger partial charge in [-0.05, 0) is 43.7 Å². The number of hydrogen-bond acceptors (Lipinski definition) is 6. The highest BCUT2D eigenvalue weighted by atomic mass is 16.6. The summed E-state index contributed by atoms with van der Waals surface area (Å²) < 4.78 is 10.2. The van der Waals surface area contributed by atoms with Crippen molar-refractivity contribution in [3.63, 3.8) is 0 Å². The van der Waals surface area contributed by atoms with Crippen LogP contribution in [0, 0.1) is 10.1 Å². The normalized spacial score (nSPS) is 16.1. The highest BCUT2D eigenvalue weighted by Crippen LogP contribution is 2.36. The van der Waals surface area contributed by atoms with Gasteiger partial charge in [0.1, 0.15) is 5.69 Å².